The molecule has 2 rings (SSSR count). The van der Waals surface area contributed by atoms with E-state index in [0.717, 1.165) is 16.2 Å². The standard InChI is InChI=1S/C14H12FNO3S/c1-2-6-16(8-13(17)18)14(19)12-7-9-10(15)4-3-5-11(9)20-12/h2-5,7H,1,6,8H2,(H,17,18). The summed E-state index contributed by atoms with van der Waals surface area (Å²) in [5.41, 5.74) is 0. The quantitative estimate of drug-likeness (QED) is 0.862. The van der Waals surface area contributed by atoms with E-state index in [-0.39, 0.29) is 6.54 Å². The molecular weight excluding hydrogens is 281 g/mol. The van der Waals surface area contributed by atoms with E-state index in [1.807, 2.05) is 0 Å². The predicted molar refractivity (Wildman–Crippen MR) is 75.5 cm³/mol. The molecule has 1 amide bonds. The summed E-state index contributed by atoms with van der Waals surface area (Å²) in [4.78, 5) is 24.5. The molecular formula is C14H12FNO3S. The van der Waals surface area contributed by atoms with Gasteiger partial charge < -0.3 is 10.0 Å². The molecule has 0 aliphatic heterocycles. The molecule has 20 heavy (non-hydrogen) atoms. The number of carboxylic acid groups (broad SMARTS) is 1. The lowest BCUT2D eigenvalue weighted by Gasteiger charge is -2.17. The number of hydrogen-bond donors (Lipinski definition) is 1. The van der Waals surface area contributed by atoms with Crippen molar-refractivity contribution in [3.8, 4) is 0 Å². The first kappa shape index (κ1) is 14.2. The summed E-state index contributed by atoms with van der Waals surface area (Å²) >= 11 is 1.14. The first-order chi connectivity index (χ1) is 9.52. The highest BCUT2D eigenvalue weighted by molar-refractivity contribution is 7.20. The van der Waals surface area contributed by atoms with Gasteiger partial charge in [-0.2, -0.15) is 0 Å². The van der Waals surface area contributed by atoms with E-state index in [9.17, 15) is 14.0 Å². The Morgan fingerprint density at radius 1 is 1.45 bits per heavy atom. The van der Waals surface area contributed by atoms with Crippen molar-refractivity contribution in [1.82, 2.24) is 4.90 Å². The molecule has 4 nitrogen and oxygen atoms in total. The molecule has 6 heteroatoms. The van der Waals surface area contributed by atoms with Gasteiger partial charge in [0.1, 0.15) is 12.4 Å². The normalized spacial score (nSPS) is 10.4. The summed E-state index contributed by atoms with van der Waals surface area (Å²) in [5, 5.41) is 9.18. The average Bonchev–Trinajstić information content (AvgIpc) is 2.82. The molecule has 0 bridgehead atoms. The Morgan fingerprint density at radius 2 is 2.20 bits per heavy atom. The van der Waals surface area contributed by atoms with Crippen molar-refractivity contribution in [1.29, 1.82) is 0 Å². The number of fused-ring (bicyclic) bond motifs is 1. The van der Waals surface area contributed by atoms with Crippen LogP contribution in [0.1, 0.15) is 9.67 Å². The molecule has 2 aromatic rings. The van der Waals surface area contributed by atoms with Crippen LogP contribution in [0.3, 0.4) is 0 Å². The van der Waals surface area contributed by atoms with Crippen LogP contribution >= 0.6 is 11.3 Å². The highest BCUT2D eigenvalue weighted by Gasteiger charge is 2.20. The molecule has 0 radical (unpaired) electrons. The molecule has 0 fully saturated rings. The zero-order valence-corrected chi connectivity index (χ0v) is 11.3. The van der Waals surface area contributed by atoms with Crippen molar-refractivity contribution < 1.29 is 19.1 Å². The Morgan fingerprint density at radius 3 is 2.80 bits per heavy atom. The molecule has 1 aromatic carbocycles. The second kappa shape index (κ2) is 5.83. The summed E-state index contributed by atoms with van der Waals surface area (Å²) in [7, 11) is 0. The van der Waals surface area contributed by atoms with Gasteiger partial charge in [0.2, 0.25) is 0 Å². The Hall–Kier alpha value is -2.21. The smallest absolute Gasteiger partial charge is 0.323 e. The summed E-state index contributed by atoms with van der Waals surface area (Å²) in [5.74, 6) is -1.94. The number of hydrogen-bond acceptors (Lipinski definition) is 3. The minimum absolute atomic E-state index is 0.127. The van der Waals surface area contributed by atoms with Gasteiger partial charge >= 0.3 is 5.97 Å². The van der Waals surface area contributed by atoms with Crippen LogP contribution in [-0.2, 0) is 4.79 Å². The molecule has 0 aliphatic carbocycles. The van der Waals surface area contributed by atoms with Crippen molar-refractivity contribution in [3.63, 3.8) is 0 Å². The number of nitrogens with zero attached hydrogens (tertiary/aromatic N) is 1. The van der Waals surface area contributed by atoms with Gasteiger partial charge in [-0.25, -0.2) is 4.39 Å². The topological polar surface area (TPSA) is 57.6 Å². The average molecular weight is 293 g/mol. The van der Waals surface area contributed by atoms with Crippen molar-refractivity contribution in [2.45, 2.75) is 0 Å². The van der Waals surface area contributed by atoms with Gasteiger partial charge in [-0.15, -0.1) is 17.9 Å². The molecule has 104 valence electrons. The highest BCUT2D eigenvalue weighted by Crippen LogP contribution is 2.28. The molecule has 0 spiro atoms. The van der Waals surface area contributed by atoms with Gasteiger partial charge in [-0.05, 0) is 18.2 Å². The second-order valence-corrected chi connectivity index (χ2v) is 5.21. The van der Waals surface area contributed by atoms with Crippen molar-refractivity contribution in [3.05, 3.63) is 47.6 Å². The van der Waals surface area contributed by atoms with E-state index in [1.165, 1.54) is 18.2 Å². The van der Waals surface area contributed by atoms with Crippen LogP contribution in [0, 0.1) is 5.82 Å². The molecule has 1 heterocycles. The number of halogens is 1. The number of amides is 1. The van der Waals surface area contributed by atoms with Crippen molar-refractivity contribution in [2.75, 3.05) is 13.1 Å². The van der Waals surface area contributed by atoms with E-state index in [2.05, 4.69) is 6.58 Å². The minimum atomic E-state index is -1.10. The maximum atomic E-state index is 13.6. The van der Waals surface area contributed by atoms with Crippen LogP contribution in [0.15, 0.2) is 36.9 Å². The van der Waals surface area contributed by atoms with Gasteiger partial charge in [0, 0.05) is 16.6 Å². The van der Waals surface area contributed by atoms with Crippen LogP contribution < -0.4 is 0 Å². The van der Waals surface area contributed by atoms with Gasteiger partial charge in [0.25, 0.3) is 5.91 Å². The Bertz CT molecular complexity index is 680. The number of carbonyl (C=O) groups is 2. The summed E-state index contributed by atoms with van der Waals surface area (Å²) < 4.78 is 14.2. The predicted octanol–water partition coefficient (Wildman–Crippen LogP) is 2.75. The first-order valence-electron chi connectivity index (χ1n) is 5.83. The Kier molecular flexibility index (Phi) is 4.14. The van der Waals surface area contributed by atoms with E-state index < -0.39 is 24.2 Å². The third kappa shape index (κ3) is 2.85. The summed E-state index contributed by atoms with van der Waals surface area (Å²) in [6.07, 6.45) is 1.45. The monoisotopic (exact) mass is 293 g/mol. The Balaban J connectivity index is 2.35. The third-order valence-electron chi connectivity index (χ3n) is 2.68. The second-order valence-electron chi connectivity index (χ2n) is 4.13. The highest BCUT2D eigenvalue weighted by atomic mass is 32.1. The SMILES string of the molecule is C=CCN(CC(=O)O)C(=O)c1cc2c(F)cccc2s1. The fourth-order valence-corrected chi connectivity index (χ4v) is 2.87. The molecule has 0 aliphatic rings. The molecule has 1 N–H and O–H groups in total. The fraction of sp³-hybridized carbons (Fsp3) is 0.143. The van der Waals surface area contributed by atoms with Gasteiger partial charge in [-0.1, -0.05) is 12.1 Å². The van der Waals surface area contributed by atoms with Gasteiger partial charge in [-0.3, -0.25) is 9.59 Å². The lowest BCUT2D eigenvalue weighted by molar-refractivity contribution is -0.137. The van der Waals surface area contributed by atoms with Gasteiger partial charge in [0.05, 0.1) is 4.88 Å². The zero-order chi connectivity index (χ0) is 14.7. The lowest BCUT2D eigenvalue weighted by atomic mass is 10.2. The number of benzene rings is 1. The van der Waals surface area contributed by atoms with Crippen molar-refractivity contribution in [2.24, 2.45) is 0 Å². The van der Waals surface area contributed by atoms with Crippen LogP contribution in [0.25, 0.3) is 10.1 Å². The largest absolute Gasteiger partial charge is 0.480 e. The van der Waals surface area contributed by atoms with Crippen LogP contribution in [0.2, 0.25) is 0 Å². The van der Waals surface area contributed by atoms with E-state index in [4.69, 9.17) is 5.11 Å². The van der Waals surface area contributed by atoms with Crippen LogP contribution in [0.5, 0.6) is 0 Å². The molecule has 0 saturated heterocycles. The number of rotatable bonds is 5. The first-order valence-corrected chi connectivity index (χ1v) is 6.64. The van der Waals surface area contributed by atoms with E-state index >= 15 is 0 Å². The molecule has 1 aromatic heterocycles. The Labute approximate surface area is 118 Å². The minimum Gasteiger partial charge on any atom is -0.480 e. The van der Waals surface area contributed by atoms with Crippen LogP contribution in [0.4, 0.5) is 4.39 Å². The number of aliphatic carboxylic acids is 1. The van der Waals surface area contributed by atoms with Gasteiger partial charge in [0.15, 0.2) is 0 Å². The number of thiophene rings is 1. The fourth-order valence-electron chi connectivity index (χ4n) is 1.82. The van der Waals surface area contributed by atoms with E-state index in [0.29, 0.717) is 15.0 Å². The van der Waals surface area contributed by atoms with E-state index in [1.54, 1.807) is 12.1 Å². The number of carboxylic acids is 1. The lowest BCUT2D eigenvalue weighted by Crippen LogP contribution is -2.35. The zero-order valence-electron chi connectivity index (χ0n) is 10.5. The molecule has 0 saturated carbocycles. The third-order valence-corrected chi connectivity index (χ3v) is 3.77. The number of carbonyl (C=O) groups excluding carboxylic acids is 1. The molecule has 0 atom stereocenters. The maximum absolute atomic E-state index is 13.6. The summed E-state index contributed by atoms with van der Waals surface area (Å²) in [6.45, 7) is 3.21. The maximum Gasteiger partial charge on any atom is 0.323 e. The molecule has 0 unspecified atom stereocenters. The van der Waals surface area contributed by atoms with Crippen molar-refractivity contribution >= 4 is 33.3 Å². The van der Waals surface area contributed by atoms with Crippen LogP contribution in [-0.4, -0.2) is 35.0 Å². The summed E-state index contributed by atoms with van der Waals surface area (Å²) in [6, 6.07) is 6.06.